The number of ether oxygens (including phenoxy) is 3. The summed E-state index contributed by atoms with van der Waals surface area (Å²) in [5.74, 6) is 2.29. The first-order chi connectivity index (χ1) is 17.1. The lowest BCUT2D eigenvalue weighted by molar-refractivity contribution is 0.101. The lowest BCUT2D eigenvalue weighted by atomic mass is 10.0. The molecule has 8 heteroatoms. The van der Waals surface area contributed by atoms with Gasteiger partial charge in [0, 0.05) is 51.7 Å². The van der Waals surface area contributed by atoms with Crippen LogP contribution in [0.3, 0.4) is 0 Å². The monoisotopic (exact) mass is 471 g/mol. The Balaban J connectivity index is 1.12. The van der Waals surface area contributed by atoms with E-state index in [0.717, 1.165) is 49.8 Å². The van der Waals surface area contributed by atoms with E-state index < -0.39 is 0 Å². The second-order valence-electron chi connectivity index (χ2n) is 8.90. The average Bonchev–Trinajstić information content (AvgIpc) is 3.47. The molecule has 1 aromatic heterocycles. The van der Waals surface area contributed by atoms with Crippen molar-refractivity contribution >= 4 is 11.9 Å². The summed E-state index contributed by atoms with van der Waals surface area (Å²) in [6.07, 6.45) is 5.05. The first-order valence-corrected chi connectivity index (χ1v) is 11.7. The molecular formula is C27H25N3O5. The van der Waals surface area contributed by atoms with Gasteiger partial charge in [-0.3, -0.25) is 19.6 Å². The number of pyridine rings is 1. The van der Waals surface area contributed by atoms with E-state index in [1.807, 2.05) is 24.3 Å². The molecule has 178 valence electrons. The van der Waals surface area contributed by atoms with E-state index in [-0.39, 0.29) is 24.1 Å². The van der Waals surface area contributed by atoms with E-state index in [0.29, 0.717) is 23.4 Å². The molecule has 6 rings (SSSR count). The van der Waals surface area contributed by atoms with Crippen molar-refractivity contribution in [2.75, 3.05) is 33.0 Å². The van der Waals surface area contributed by atoms with Gasteiger partial charge in [-0.1, -0.05) is 6.07 Å². The fourth-order valence-electron chi connectivity index (χ4n) is 4.69. The molecule has 35 heavy (non-hydrogen) atoms. The van der Waals surface area contributed by atoms with Crippen LogP contribution in [0.25, 0.3) is 6.08 Å². The summed E-state index contributed by atoms with van der Waals surface area (Å²) in [6, 6.07) is 12.9. The smallest absolute Gasteiger partial charge is 0.231 e. The number of allylic oxidation sites excluding steroid dienone is 1. The zero-order valence-electron chi connectivity index (χ0n) is 19.1. The van der Waals surface area contributed by atoms with Gasteiger partial charge in [0.25, 0.3) is 0 Å². The number of fused-ring (bicyclic) bond motifs is 2. The Bertz CT molecular complexity index is 1300. The third-order valence-electron chi connectivity index (χ3n) is 6.61. The topological polar surface area (TPSA) is 84.4 Å². The van der Waals surface area contributed by atoms with Crippen LogP contribution in [0.15, 0.2) is 60.6 Å². The van der Waals surface area contributed by atoms with Gasteiger partial charge in [-0.05, 0) is 53.6 Å². The van der Waals surface area contributed by atoms with Crippen molar-refractivity contribution < 1.29 is 24.1 Å². The molecule has 0 unspecified atom stereocenters. The van der Waals surface area contributed by atoms with E-state index >= 15 is 0 Å². The zero-order valence-corrected chi connectivity index (χ0v) is 19.1. The SMILES string of the molecule is O=C1/C(=C/c2ccncc2)Oc2c1ccc(O)c2CN1CCN(Cc2ccc3c(c2)OCO3)CC1. The molecule has 3 aliphatic heterocycles. The molecule has 0 aliphatic carbocycles. The van der Waals surface area contributed by atoms with Gasteiger partial charge in [0.2, 0.25) is 12.6 Å². The summed E-state index contributed by atoms with van der Waals surface area (Å²) in [4.78, 5) is 21.6. The molecule has 0 radical (unpaired) electrons. The number of carbonyl (C=O) groups is 1. The number of rotatable bonds is 5. The van der Waals surface area contributed by atoms with Crippen LogP contribution in [0.4, 0.5) is 0 Å². The molecule has 2 aromatic carbocycles. The molecule has 1 fully saturated rings. The number of aromatic nitrogens is 1. The third kappa shape index (κ3) is 4.34. The van der Waals surface area contributed by atoms with Crippen LogP contribution >= 0.6 is 0 Å². The van der Waals surface area contributed by atoms with E-state index in [4.69, 9.17) is 14.2 Å². The number of phenols is 1. The number of hydrogen-bond acceptors (Lipinski definition) is 8. The fraction of sp³-hybridized carbons (Fsp3) is 0.259. The van der Waals surface area contributed by atoms with Crippen molar-refractivity contribution in [2.24, 2.45) is 0 Å². The van der Waals surface area contributed by atoms with Gasteiger partial charge < -0.3 is 19.3 Å². The molecule has 3 aliphatic rings. The molecule has 4 heterocycles. The van der Waals surface area contributed by atoms with Gasteiger partial charge >= 0.3 is 0 Å². The van der Waals surface area contributed by atoms with Crippen LogP contribution < -0.4 is 14.2 Å². The molecular weight excluding hydrogens is 446 g/mol. The number of carbonyl (C=O) groups excluding carboxylic acids is 1. The summed E-state index contributed by atoms with van der Waals surface area (Å²) in [6.45, 7) is 5.14. The quantitative estimate of drug-likeness (QED) is 0.567. The maximum atomic E-state index is 12.9. The highest BCUT2D eigenvalue weighted by Gasteiger charge is 2.32. The normalized spacial score (nSPS) is 18.6. The van der Waals surface area contributed by atoms with Crippen LogP contribution in [0, 0.1) is 0 Å². The Hall–Kier alpha value is -3.88. The predicted molar refractivity (Wildman–Crippen MR) is 128 cm³/mol. The van der Waals surface area contributed by atoms with Gasteiger partial charge in [-0.15, -0.1) is 0 Å². The van der Waals surface area contributed by atoms with E-state index in [1.165, 1.54) is 5.56 Å². The minimum absolute atomic E-state index is 0.143. The highest BCUT2D eigenvalue weighted by Crippen LogP contribution is 2.40. The van der Waals surface area contributed by atoms with Gasteiger partial charge in [-0.2, -0.15) is 0 Å². The lowest BCUT2D eigenvalue weighted by Gasteiger charge is -2.35. The summed E-state index contributed by atoms with van der Waals surface area (Å²) < 4.78 is 16.9. The second kappa shape index (κ2) is 9.05. The predicted octanol–water partition coefficient (Wildman–Crippen LogP) is 3.45. The van der Waals surface area contributed by atoms with Crippen molar-refractivity contribution in [3.05, 3.63) is 82.9 Å². The van der Waals surface area contributed by atoms with E-state index in [1.54, 1.807) is 30.6 Å². The molecule has 0 bridgehead atoms. The van der Waals surface area contributed by atoms with E-state index in [2.05, 4.69) is 20.9 Å². The van der Waals surface area contributed by atoms with Gasteiger partial charge in [0.1, 0.15) is 11.5 Å². The van der Waals surface area contributed by atoms with Crippen molar-refractivity contribution in [3.63, 3.8) is 0 Å². The Morgan fingerprint density at radius 1 is 0.914 bits per heavy atom. The summed E-state index contributed by atoms with van der Waals surface area (Å²) in [5.41, 5.74) is 3.17. The first kappa shape index (κ1) is 21.6. The average molecular weight is 472 g/mol. The van der Waals surface area contributed by atoms with Crippen LogP contribution in [0.5, 0.6) is 23.0 Å². The van der Waals surface area contributed by atoms with Crippen LogP contribution in [-0.2, 0) is 13.1 Å². The standard InChI is InChI=1S/C27H25N3O5/c31-22-3-2-20-26(32)25(13-18-5-7-28-8-6-18)35-27(20)21(22)16-30-11-9-29(10-12-30)15-19-1-4-23-24(14-19)34-17-33-23/h1-8,13-14,31H,9-12,15-17H2/b25-13-. The molecule has 0 atom stereocenters. The van der Waals surface area contributed by atoms with E-state index in [9.17, 15) is 9.90 Å². The number of hydrogen-bond donors (Lipinski definition) is 1. The van der Waals surface area contributed by atoms with Crippen molar-refractivity contribution in [1.29, 1.82) is 0 Å². The Labute approximate surface area is 203 Å². The zero-order chi connectivity index (χ0) is 23.8. The van der Waals surface area contributed by atoms with Gasteiger partial charge in [-0.25, -0.2) is 0 Å². The van der Waals surface area contributed by atoms with Crippen molar-refractivity contribution in [1.82, 2.24) is 14.8 Å². The molecule has 8 nitrogen and oxygen atoms in total. The number of Topliss-reactive ketones (excluding diaryl/α,β-unsaturated/α-hetero) is 1. The lowest BCUT2D eigenvalue weighted by Crippen LogP contribution is -2.45. The van der Waals surface area contributed by atoms with Gasteiger partial charge in [0.15, 0.2) is 17.3 Å². The van der Waals surface area contributed by atoms with Crippen molar-refractivity contribution in [2.45, 2.75) is 13.1 Å². The minimum Gasteiger partial charge on any atom is -0.507 e. The summed E-state index contributed by atoms with van der Waals surface area (Å²) in [7, 11) is 0. The maximum Gasteiger partial charge on any atom is 0.231 e. The fourth-order valence-corrected chi connectivity index (χ4v) is 4.69. The van der Waals surface area contributed by atoms with Crippen LogP contribution in [0.1, 0.15) is 27.0 Å². The Kier molecular flexibility index (Phi) is 5.60. The van der Waals surface area contributed by atoms with Gasteiger partial charge in [0.05, 0.1) is 11.1 Å². The maximum absolute atomic E-state index is 12.9. The Morgan fingerprint density at radius 3 is 2.46 bits per heavy atom. The third-order valence-corrected chi connectivity index (χ3v) is 6.61. The molecule has 0 amide bonds. The Morgan fingerprint density at radius 2 is 1.66 bits per heavy atom. The number of phenolic OH excluding ortho intramolecular Hbond substituents is 1. The molecule has 0 spiro atoms. The molecule has 0 saturated carbocycles. The minimum atomic E-state index is -0.174. The summed E-state index contributed by atoms with van der Waals surface area (Å²) >= 11 is 0. The molecule has 1 N–H and O–H groups in total. The first-order valence-electron chi connectivity index (χ1n) is 11.7. The number of aromatic hydroxyl groups is 1. The number of ketones is 1. The molecule has 3 aromatic rings. The number of piperazine rings is 1. The molecule has 1 saturated heterocycles. The summed E-state index contributed by atoms with van der Waals surface area (Å²) in [5, 5.41) is 10.6. The number of nitrogens with zero attached hydrogens (tertiary/aromatic N) is 3. The number of benzene rings is 2. The largest absolute Gasteiger partial charge is 0.507 e. The second-order valence-corrected chi connectivity index (χ2v) is 8.90. The van der Waals surface area contributed by atoms with Crippen LogP contribution in [-0.4, -0.2) is 58.6 Å². The highest BCUT2D eigenvalue weighted by molar-refractivity contribution is 6.15. The van der Waals surface area contributed by atoms with Crippen LogP contribution in [0.2, 0.25) is 0 Å². The van der Waals surface area contributed by atoms with Crippen molar-refractivity contribution in [3.8, 4) is 23.0 Å². The highest BCUT2D eigenvalue weighted by atomic mass is 16.7.